The summed E-state index contributed by atoms with van der Waals surface area (Å²) in [6, 6.07) is 21.4. The van der Waals surface area contributed by atoms with Crippen molar-refractivity contribution in [1.82, 2.24) is 0 Å². The van der Waals surface area contributed by atoms with Gasteiger partial charge in [-0.25, -0.2) is 0 Å². The molecule has 2 rings (SSSR count). The highest BCUT2D eigenvalue weighted by Crippen LogP contribution is 2.11. The zero-order valence-electron chi connectivity index (χ0n) is 12.4. The van der Waals surface area contributed by atoms with Crippen LogP contribution in [-0.2, 0) is 11.5 Å². The molecule has 0 radical (unpaired) electrons. The first kappa shape index (κ1) is 16.5. The van der Waals surface area contributed by atoms with Crippen molar-refractivity contribution >= 4 is 23.5 Å². The third-order valence-corrected chi connectivity index (χ3v) is 5.28. The third-order valence-electron chi connectivity index (χ3n) is 3.16. The summed E-state index contributed by atoms with van der Waals surface area (Å²) in [6.07, 6.45) is 0. The topological polar surface area (TPSA) is 16.6 Å². The molecule has 0 heterocycles. The van der Waals surface area contributed by atoms with Gasteiger partial charge in [0.2, 0.25) is 0 Å². The van der Waals surface area contributed by atoms with Crippen LogP contribution in [0, 0.1) is 0 Å². The molecule has 21 heavy (non-hydrogen) atoms. The van der Waals surface area contributed by atoms with Gasteiger partial charge in [-0.05, 0) is 11.1 Å². The van der Waals surface area contributed by atoms with Crippen molar-refractivity contribution in [3.8, 4) is 0 Å². The van der Waals surface area contributed by atoms with Gasteiger partial charge in [0.15, 0.2) is 0 Å². The quantitative estimate of drug-likeness (QED) is 0.676. The number of hydrogen-bond donors (Lipinski definition) is 1. The fourth-order valence-electron chi connectivity index (χ4n) is 2.01. The lowest BCUT2D eigenvalue weighted by atomic mass is 10.2. The third kappa shape index (κ3) is 7.60. The fraction of sp³-hybridized carbons (Fsp3) is 0.333. The Balaban J connectivity index is 1.40. The summed E-state index contributed by atoms with van der Waals surface area (Å²) < 4.78 is 0. The van der Waals surface area contributed by atoms with E-state index in [9.17, 15) is 0 Å². The number of nitrogens with two attached hydrogens (primary N) is 1. The molecule has 0 amide bonds. The molecule has 3 heteroatoms. The molecule has 0 fully saturated rings. The van der Waals surface area contributed by atoms with Crippen molar-refractivity contribution < 1.29 is 5.32 Å². The van der Waals surface area contributed by atoms with Crippen molar-refractivity contribution in [2.45, 2.75) is 11.5 Å². The predicted octanol–water partition coefficient (Wildman–Crippen LogP) is 3.42. The number of hydrogen-bond acceptors (Lipinski definition) is 2. The van der Waals surface area contributed by atoms with E-state index in [2.05, 4.69) is 66.0 Å². The van der Waals surface area contributed by atoms with E-state index in [1.807, 2.05) is 23.5 Å². The van der Waals surface area contributed by atoms with Gasteiger partial charge in [-0.15, -0.1) is 0 Å². The highest BCUT2D eigenvalue weighted by molar-refractivity contribution is 7.98. The molecule has 0 aliphatic carbocycles. The summed E-state index contributed by atoms with van der Waals surface area (Å²) in [4.78, 5) is 0. The maximum Gasteiger partial charge on any atom is 0.0847 e. The smallest absolute Gasteiger partial charge is 0.0847 e. The highest BCUT2D eigenvalue weighted by atomic mass is 32.2. The van der Waals surface area contributed by atoms with Gasteiger partial charge >= 0.3 is 0 Å². The average Bonchev–Trinajstić information content (AvgIpc) is 2.55. The zero-order valence-corrected chi connectivity index (χ0v) is 14.0. The zero-order chi connectivity index (χ0) is 14.6. The van der Waals surface area contributed by atoms with E-state index >= 15 is 0 Å². The Kier molecular flexibility index (Phi) is 8.45. The van der Waals surface area contributed by atoms with Crippen molar-refractivity contribution in [2.24, 2.45) is 0 Å². The van der Waals surface area contributed by atoms with Crippen molar-refractivity contribution in [3.63, 3.8) is 0 Å². The Bertz CT molecular complexity index is 428. The van der Waals surface area contributed by atoms with Gasteiger partial charge in [-0.2, -0.15) is 23.5 Å². The van der Waals surface area contributed by atoms with Crippen LogP contribution in [-0.4, -0.2) is 24.6 Å². The standard InChI is InChI=1S/C18H23NS2/c1-3-7-17(8-4-1)15-20-13-11-19-12-14-21-16-18-9-5-2-6-10-18/h1-10,19H,11-16H2/p+1. The van der Waals surface area contributed by atoms with Crippen LogP contribution < -0.4 is 5.32 Å². The Morgan fingerprint density at radius 1 is 0.619 bits per heavy atom. The van der Waals surface area contributed by atoms with Gasteiger partial charge in [-0.3, -0.25) is 0 Å². The van der Waals surface area contributed by atoms with Crippen LogP contribution in [0.25, 0.3) is 0 Å². The summed E-state index contributed by atoms with van der Waals surface area (Å²) in [5, 5.41) is 2.44. The molecule has 0 saturated heterocycles. The molecule has 0 aromatic heterocycles. The lowest BCUT2D eigenvalue weighted by Crippen LogP contribution is -2.85. The maximum absolute atomic E-state index is 2.44. The largest absolute Gasteiger partial charge is 0.345 e. The van der Waals surface area contributed by atoms with Crippen LogP contribution in [0.1, 0.15) is 11.1 Å². The molecule has 0 aliphatic rings. The molecule has 0 atom stereocenters. The first-order valence-electron chi connectivity index (χ1n) is 7.50. The van der Waals surface area contributed by atoms with Gasteiger partial charge in [0.05, 0.1) is 13.1 Å². The minimum atomic E-state index is 1.14. The summed E-state index contributed by atoms with van der Waals surface area (Å²) in [5.74, 6) is 4.74. The highest BCUT2D eigenvalue weighted by Gasteiger charge is 1.96. The molecule has 112 valence electrons. The second-order valence-electron chi connectivity index (χ2n) is 4.94. The normalized spacial score (nSPS) is 10.7. The molecule has 1 nitrogen and oxygen atoms in total. The van der Waals surface area contributed by atoms with E-state index in [-0.39, 0.29) is 0 Å². The molecule has 0 saturated carbocycles. The Hall–Kier alpha value is -0.900. The average molecular weight is 319 g/mol. The molecule has 0 bridgehead atoms. The van der Waals surface area contributed by atoms with Crippen LogP contribution >= 0.6 is 23.5 Å². The summed E-state index contributed by atoms with van der Waals surface area (Å²) in [5.41, 5.74) is 2.86. The number of quaternary nitrogens is 1. The molecule has 2 aromatic carbocycles. The van der Waals surface area contributed by atoms with E-state index in [0.717, 1.165) is 11.5 Å². The fourth-order valence-corrected chi connectivity index (χ4v) is 3.82. The van der Waals surface area contributed by atoms with Crippen LogP contribution in [0.3, 0.4) is 0 Å². The van der Waals surface area contributed by atoms with E-state index in [4.69, 9.17) is 0 Å². The van der Waals surface area contributed by atoms with E-state index in [1.165, 1.54) is 35.7 Å². The molecule has 0 spiro atoms. The van der Waals surface area contributed by atoms with Gasteiger partial charge in [-0.1, -0.05) is 60.7 Å². The number of benzene rings is 2. The summed E-state index contributed by atoms with van der Waals surface area (Å²) in [6.45, 7) is 2.45. The molecule has 2 N–H and O–H groups in total. The van der Waals surface area contributed by atoms with Gasteiger partial charge in [0.1, 0.15) is 0 Å². The van der Waals surface area contributed by atoms with E-state index in [0.29, 0.717) is 0 Å². The molecular formula is C18H24NS2+. The Morgan fingerprint density at radius 2 is 1.05 bits per heavy atom. The second kappa shape index (κ2) is 10.8. The SMILES string of the molecule is c1ccc(CSCC[NH2+]CCSCc2ccccc2)cc1. The Morgan fingerprint density at radius 3 is 1.48 bits per heavy atom. The van der Waals surface area contributed by atoms with Crippen LogP contribution in [0.2, 0.25) is 0 Å². The lowest BCUT2D eigenvalue weighted by Gasteiger charge is -2.03. The van der Waals surface area contributed by atoms with Crippen LogP contribution in [0.4, 0.5) is 0 Å². The monoisotopic (exact) mass is 318 g/mol. The summed E-state index contributed by atoms with van der Waals surface area (Å²) in [7, 11) is 0. The molecule has 2 aromatic rings. The predicted molar refractivity (Wildman–Crippen MR) is 96.9 cm³/mol. The van der Waals surface area contributed by atoms with E-state index in [1.54, 1.807) is 0 Å². The number of thioether (sulfide) groups is 2. The van der Waals surface area contributed by atoms with Gasteiger partial charge in [0, 0.05) is 23.0 Å². The maximum atomic E-state index is 2.44. The van der Waals surface area contributed by atoms with Crippen LogP contribution in [0.15, 0.2) is 60.7 Å². The lowest BCUT2D eigenvalue weighted by molar-refractivity contribution is -0.646. The summed E-state index contributed by atoms with van der Waals surface area (Å²) >= 11 is 4.06. The first-order chi connectivity index (χ1) is 10.4. The van der Waals surface area contributed by atoms with Crippen LogP contribution in [0.5, 0.6) is 0 Å². The van der Waals surface area contributed by atoms with Gasteiger partial charge in [0.25, 0.3) is 0 Å². The second-order valence-corrected chi connectivity index (χ2v) is 7.15. The van der Waals surface area contributed by atoms with Crippen molar-refractivity contribution in [2.75, 3.05) is 24.6 Å². The van der Waals surface area contributed by atoms with E-state index < -0.39 is 0 Å². The minimum absolute atomic E-state index is 1.14. The van der Waals surface area contributed by atoms with Crippen molar-refractivity contribution in [1.29, 1.82) is 0 Å². The van der Waals surface area contributed by atoms with Gasteiger partial charge < -0.3 is 5.32 Å². The molecular weight excluding hydrogens is 294 g/mol. The Labute approximate surface area is 136 Å². The number of rotatable bonds is 10. The first-order valence-corrected chi connectivity index (χ1v) is 9.81. The molecule has 0 unspecified atom stereocenters. The minimum Gasteiger partial charge on any atom is -0.345 e. The molecule has 0 aliphatic heterocycles. The van der Waals surface area contributed by atoms with Crippen molar-refractivity contribution in [3.05, 3.63) is 71.8 Å².